The SMILES string of the molecule is c1cc2c(c(NCCCC3CCCO3)c1)CCCC2. The van der Waals surface area contributed by atoms with Gasteiger partial charge in [-0.3, -0.25) is 0 Å². The minimum absolute atomic E-state index is 0.534. The lowest BCUT2D eigenvalue weighted by molar-refractivity contribution is 0.103. The largest absolute Gasteiger partial charge is 0.385 e. The van der Waals surface area contributed by atoms with Gasteiger partial charge in [0.05, 0.1) is 6.10 Å². The Hall–Kier alpha value is -1.02. The van der Waals surface area contributed by atoms with E-state index >= 15 is 0 Å². The Labute approximate surface area is 116 Å². The number of hydrogen-bond acceptors (Lipinski definition) is 2. The predicted molar refractivity (Wildman–Crippen MR) is 79.8 cm³/mol. The molecule has 0 amide bonds. The van der Waals surface area contributed by atoms with E-state index in [1.807, 2.05) is 0 Å². The van der Waals surface area contributed by atoms with Gasteiger partial charge >= 0.3 is 0 Å². The highest BCUT2D eigenvalue weighted by molar-refractivity contribution is 5.55. The van der Waals surface area contributed by atoms with Gasteiger partial charge in [-0.15, -0.1) is 0 Å². The van der Waals surface area contributed by atoms with Gasteiger partial charge in [0.2, 0.25) is 0 Å². The molecule has 1 N–H and O–H groups in total. The molecular formula is C17H25NO. The fourth-order valence-electron chi connectivity index (χ4n) is 3.37. The monoisotopic (exact) mass is 259 g/mol. The summed E-state index contributed by atoms with van der Waals surface area (Å²) in [5.74, 6) is 0. The lowest BCUT2D eigenvalue weighted by Gasteiger charge is -2.20. The van der Waals surface area contributed by atoms with Crippen LogP contribution in [0.4, 0.5) is 5.69 Å². The molecule has 0 bridgehead atoms. The van der Waals surface area contributed by atoms with Gasteiger partial charge in [0.15, 0.2) is 0 Å². The van der Waals surface area contributed by atoms with E-state index in [0.29, 0.717) is 6.10 Å². The van der Waals surface area contributed by atoms with Crippen molar-refractivity contribution in [1.29, 1.82) is 0 Å². The van der Waals surface area contributed by atoms with Crippen LogP contribution in [0.3, 0.4) is 0 Å². The molecule has 2 aliphatic rings. The van der Waals surface area contributed by atoms with Crippen LogP contribution in [0, 0.1) is 0 Å². The number of anilines is 1. The highest BCUT2D eigenvalue weighted by Crippen LogP contribution is 2.28. The van der Waals surface area contributed by atoms with E-state index in [1.54, 1.807) is 11.1 Å². The van der Waals surface area contributed by atoms with Gasteiger partial charge < -0.3 is 10.1 Å². The van der Waals surface area contributed by atoms with Gasteiger partial charge in [0, 0.05) is 18.8 Å². The maximum absolute atomic E-state index is 5.67. The Bertz CT molecular complexity index is 410. The number of aryl methyl sites for hydroxylation is 1. The first-order chi connectivity index (χ1) is 9.43. The summed E-state index contributed by atoms with van der Waals surface area (Å²) in [6, 6.07) is 6.74. The average molecular weight is 259 g/mol. The molecule has 2 nitrogen and oxygen atoms in total. The van der Waals surface area contributed by atoms with E-state index < -0.39 is 0 Å². The second kappa shape index (κ2) is 6.42. The van der Waals surface area contributed by atoms with Gasteiger partial charge in [-0.05, 0) is 68.6 Å². The van der Waals surface area contributed by atoms with Gasteiger partial charge in [-0.2, -0.15) is 0 Å². The van der Waals surface area contributed by atoms with E-state index in [4.69, 9.17) is 4.74 Å². The van der Waals surface area contributed by atoms with E-state index in [-0.39, 0.29) is 0 Å². The summed E-state index contributed by atoms with van der Waals surface area (Å²) in [6.07, 6.45) is 10.7. The summed E-state index contributed by atoms with van der Waals surface area (Å²) >= 11 is 0. The Balaban J connectivity index is 1.49. The third kappa shape index (κ3) is 3.30. The molecule has 1 unspecified atom stereocenters. The zero-order valence-electron chi connectivity index (χ0n) is 11.8. The van der Waals surface area contributed by atoms with E-state index in [1.165, 1.54) is 57.1 Å². The Morgan fingerprint density at radius 3 is 3.00 bits per heavy atom. The van der Waals surface area contributed by atoms with Crippen LogP contribution in [0.15, 0.2) is 18.2 Å². The normalized spacial score (nSPS) is 22.2. The molecule has 0 saturated carbocycles. The van der Waals surface area contributed by atoms with Crippen molar-refractivity contribution in [2.45, 2.75) is 57.5 Å². The number of hydrogen-bond donors (Lipinski definition) is 1. The molecule has 1 aromatic rings. The molecule has 1 fully saturated rings. The maximum Gasteiger partial charge on any atom is 0.0576 e. The van der Waals surface area contributed by atoms with Crippen LogP contribution in [0.25, 0.3) is 0 Å². The zero-order valence-corrected chi connectivity index (χ0v) is 11.8. The number of benzene rings is 1. The molecule has 0 spiro atoms. The van der Waals surface area contributed by atoms with Crippen molar-refractivity contribution in [3.8, 4) is 0 Å². The number of fused-ring (bicyclic) bond motifs is 1. The first-order valence-corrected chi connectivity index (χ1v) is 7.90. The molecule has 1 aliphatic heterocycles. The van der Waals surface area contributed by atoms with Crippen molar-refractivity contribution in [2.75, 3.05) is 18.5 Å². The maximum atomic E-state index is 5.67. The molecule has 1 atom stereocenters. The van der Waals surface area contributed by atoms with E-state index in [9.17, 15) is 0 Å². The first-order valence-electron chi connectivity index (χ1n) is 7.90. The first kappa shape index (κ1) is 13.0. The summed E-state index contributed by atoms with van der Waals surface area (Å²) in [4.78, 5) is 0. The molecule has 19 heavy (non-hydrogen) atoms. The Morgan fingerprint density at radius 1 is 1.16 bits per heavy atom. The van der Waals surface area contributed by atoms with Crippen LogP contribution in [-0.4, -0.2) is 19.3 Å². The number of nitrogens with one attached hydrogen (secondary N) is 1. The summed E-state index contributed by atoms with van der Waals surface area (Å²) < 4.78 is 5.67. The van der Waals surface area contributed by atoms with E-state index in [2.05, 4.69) is 23.5 Å². The number of ether oxygens (including phenoxy) is 1. The van der Waals surface area contributed by atoms with Crippen molar-refractivity contribution in [3.63, 3.8) is 0 Å². The van der Waals surface area contributed by atoms with E-state index in [0.717, 1.165) is 13.2 Å². The van der Waals surface area contributed by atoms with Gasteiger partial charge in [-0.1, -0.05) is 12.1 Å². The Kier molecular flexibility index (Phi) is 4.39. The van der Waals surface area contributed by atoms with Gasteiger partial charge in [-0.25, -0.2) is 0 Å². The molecule has 0 aromatic heterocycles. The van der Waals surface area contributed by atoms with Crippen LogP contribution < -0.4 is 5.32 Å². The molecule has 1 aliphatic carbocycles. The fourth-order valence-corrected chi connectivity index (χ4v) is 3.37. The van der Waals surface area contributed by atoms with Crippen LogP contribution in [0.1, 0.15) is 49.7 Å². The highest BCUT2D eigenvalue weighted by Gasteiger charge is 2.15. The lowest BCUT2D eigenvalue weighted by atomic mass is 9.90. The second-order valence-corrected chi connectivity index (χ2v) is 5.85. The van der Waals surface area contributed by atoms with Gasteiger partial charge in [0.1, 0.15) is 0 Å². The quantitative estimate of drug-likeness (QED) is 0.809. The molecule has 1 heterocycles. The summed E-state index contributed by atoms with van der Waals surface area (Å²) in [6.45, 7) is 2.06. The summed E-state index contributed by atoms with van der Waals surface area (Å²) in [5.41, 5.74) is 4.52. The van der Waals surface area contributed by atoms with Crippen molar-refractivity contribution in [3.05, 3.63) is 29.3 Å². The fraction of sp³-hybridized carbons (Fsp3) is 0.647. The van der Waals surface area contributed by atoms with Crippen molar-refractivity contribution in [2.24, 2.45) is 0 Å². The van der Waals surface area contributed by atoms with Gasteiger partial charge in [0.25, 0.3) is 0 Å². The third-order valence-electron chi connectivity index (χ3n) is 4.44. The predicted octanol–water partition coefficient (Wildman–Crippen LogP) is 3.94. The number of rotatable bonds is 5. The second-order valence-electron chi connectivity index (χ2n) is 5.85. The summed E-state index contributed by atoms with van der Waals surface area (Å²) in [7, 11) is 0. The topological polar surface area (TPSA) is 21.3 Å². The molecule has 1 saturated heterocycles. The molecule has 3 rings (SSSR count). The van der Waals surface area contributed by atoms with Crippen LogP contribution in [0.5, 0.6) is 0 Å². The van der Waals surface area contributed by atoms with Crippen molar-refractivity contribution >= 4 is 5.69 Å². The van der Waals surface area contributed by atoms with Crippen LogP contribution >= 0.6 is 0 Å². The zero-order chi connectivity index (χ0) is 12.9. The summed E-state index contributed by atoms with van der Waals surface area (Å²) in [5, 5.41) is 3.64. The minimum atomic E-state index is 0.534. The Morgan fingerprint density at radius 2 is 2.11 bits per heavy atom. The molecule has 1 aromatic carbocycles. The molecule has 0 radical (unpaired) electrons. The minimum Gasteiger partial charge on any atom is -0.385 e. The van der Waals surface area contributed by atoms with Crippen LogP contribution in [-0.2, 0) is 17.6 Å². The third-order valence-corrected chi connectivity index (χ3v) is 4.44. The average Bonchev–Trinajstić information content (AvgIpc) is 2.97. The molecule has 104 valence electrons. The lowest BCUT2D eigenvalue weighted by Crippen LogP contribution is -2.12. The molecular weight excluding hydrogens is 234 g/mol. The molecule has 2 heteroatoms. The van der Waals surface area contributed by atoms with Crippen LogP contribution in [0.2, 0.25) is 0 Å². The standard InChI is InChI=1S/C17H25NO/c1-2-10-16-14(6-1)7-3-11-17(16)18-12-4-8-15-9-5-13-19-15/h3,7,11,15,18H,1-2,4-6,8-10,12-13H2. The highest BCUT2D eigenvalue weighted by atomic mass is 16.5. The van der Waals surface area contributed by atoms with Crippen molar-refractivity contribution < 1.29 is 4.74 Å². The van der Waals surface area contributed by atoms with Crippen molar-refractivity contribution in [1.82, 2.24) is 0 Å². The smallest absolute Gasteiger partial charge is 0.0576 e.